The van der Waals surface area contributed by atoms with Gasteiger partial charge in [0.1, 0.15) is 0 Å². The maximum atomic E-state index is 6.02. The molecule has 1 N–H and O–H groups in total. The van der Waals surface area contributed by atoms with Crippen LogP contribution in [0.3, 0.4) is 0 Å². The molecule has 104 valence electrons. The zero-order valence-electron chi connectivity index (χ0n) is 11.3. The van der Waals surface area contributed by atoms with Gasteiger partial charge < -0.3 is 19.5 Å². The third-order valence-corrected chi connectivity index (χ3v) is 4.80. The van der Waals surface area contributed by atoms with Gasteiger partial charge in [0, 0.05) is 32.3 Å². The Balaban J connectivity index is 1.66. The molecule has 0 bridgehead atoms. The number of hydrogen-bond acceptors (Lipinski definition) is 4. The molecule has 1 spiro atoms. The van der Waals surface area contributed by atoms with Crippen molar-refractivity contribution >= 4 is 0 Å². The summed E-state index contributed by atoms with van der Waals surface area (Å²) in [5.74, 6) is 0.661. The molecule has 0 amide bonds. The summed E-state index contributed by atoms with van der Waals surface area (Å²) in [6, 6.07) is 0.480. The van der Waals surface area contributed by atoms with Gasteiger partial charge in [-0.05, 0) is 38.6 Å². The number of likely N-dealkylation sites (N-methyl/N-ethyl adjacent to an activating group) is 1. The van der Waals surface area contributed by atoms with E-state index >= 15 is 0 Å². The lowest BCUT2D eigenvalue weighted by Crippen LogP contribution is -2.50. The largest absolute Gasteiger partial charge is 0.378 e. The summed E-state index contributed by atoms with van der Waals surface area (Å²) in [5, 5.41) is 3.50. The van der Waals surface area contributed by atoms with Crippen LogP contribution < -0.4 is 5.32 Å². The first-order valence-electron chi connectivity index (χ1n) is 7.34. The lowest BCUT2D eigenvalue weighted by molar-refractivity contribution is -0.109. The van der Waals surface area contributed by atoms with Crippen molar-refractivity contribution in [2.75, 3.05) is 33.5 Å². The summed E-state index contributed by atoms with van der Waals surface area (Å²) in [4.78, 5) is 0. The molecule has 0 aromatic rings. The molecule has 4 nitrogen and oxygen atoms in total. The molecule has 0 aliphatic carbocycles. The molecular formula is C14H25NO3. The Morgan fingerprint density at radius 1 is 1.22 bits per heavy atom. The first-order chi connectivity index (χ1) is 8.83. The van der Waals surface area contributed by atoms with Gasteiger partial charge in [0.15, 0.2) is 0 Å². The van der Waals surface area contributed by atoms with Gasteiger partial charge in [0.25, 0.3) is 0 Å². The molecule has 0 aromatic carbocycles. The molecule has 3 rings (SSSR count). The average molecular weight is 255 g/mol. The van der Waals surface area contributed by atoms with Gasteiger partial charge in [-0.1, -0.05) is 0 Å². The van der Waals surface area contributed by atoms with E-state index in [4.69, 9.17) is 14.2 Å². The highest BCUT2D eigenvalue weighted by molar-refractivity contribution is 4.96. The zero-order chi connectivity index (χ0) is 12.4. The van der Waals surface area contributed by atoms with Crippen molar-refractivity contribution in [3.05, 3.63) is 0 Å². The van der Waals surface area contributed by atoms with Crippen molar-refractivity contribution < 1.29 is 14.2 Å². The van der Waals surface area contributed by atoms with Crippen LogP contribution in [-0.4, -0.2) is 51.2 Å². The standard InChI is InChI=1S/C14H25NO3/c1-15-13(12-3-2-6-17-12)11-4-7-18-14(9-11)5-8-16-10-14/h11-13,15H,2-10H2,1H3. The Morgan fingerprint density at radius 3 is 2.83 bits per heavy atom. The summed E-state index contributed by atoms with van der Waals surface area (Å²) in [7, 11) is 2.07. The maximum absolute atomic E-state index is 6.02. The maximum Gasteiger partial charge on any atom is 0.0939 e. The normalized spacial score (nSPS) is 42.5. The predicted molar refractivity (Wildman–Crippen MR) is 68.7 cm³/mol. The Hall–Kier alpha value is -0.160. The van der Waals surface area contributed by atoms with E-state index in [0.29, 0.717) is 18.1 Å². The summed E-state index contributed by atoms with van der Waals surface area (Å²) >= 11 is 0. The van der Waals surface area contributed by atoms with E-state index < -0.39 is 0 Å². The number of rotatable bonds is 3. The summed E-state index contributed by atoms with van der Waals surface area (Å²) in [6.45, 7) is 3.45. The van der Waals surface area contributed by atoms with Gasteiger partial charge in [-0.25, -0.2) is 0 Å². The Kier molecular flexibility index (Phi) is 3.89. The van der Waals surface area contributed by atoms with Crippen LogP contribution in [0.4, 0.5) is 0 Å². The van der Waals surface area contributed by atoms with E-state index in [9.17, 15) is 0 Å². The quantitative estimate of drug-likeness (QED) is 0.826. The van der Waals surface area contributed by atoms with Crippen LogP contribution in [0.15, 0.2) is 0 Å². The number of hydrogen-bond donors (Lipinski definition) is 1. The van der Waals surface area contributed by atoms with E-state index in [1.165, 1.54) is 12.8 Å². The highest BCUT2D eigenvalue weighted by Gasteiger charge is 2.44. The van der Waals surface area contributed by atoms with E-state index in [-0.39, 0.29) is 5.60 Å². The Bertz CT molecular complexity index is 272. The van der Waals surface area contributed by atoms with Gasteiger partial charge in [-0.2, -0.15) is 0 Å². The molecule has 3 aliphatic heterocycles. The van der Waals surface area contributed by atoms with Crippen LogP contribution >= 0.6 is 0 Å². The zero-order valence-corrected chi connectivity index (χ0v) is 11.3. The Morgan fingerprint density at radius 2 is 2.17 bits per heavy atom. The second kappa shape index (κ2) is 5.45. The number of ether oxygens (including phenoxy) is 3. The minimum absolute atomic E-state index is 0.0105. The average Bonchev–Trinajstić information content (AvgIpc) is 3.03. The van der Waals surface area contributed by atoms with Gasteiger partial charge in [-0.15, -0.1) is 0 Å². The fourth-order valence-corrected chi connectivity index (χ4v) is 3.85. The first kappa shape index (κ1) is 12.9. The third-order valence-electron chi connectivity index (χ3n) is 4.80. The third kappa shape index (κ3) is 2.44. The molecule has 3 heterocycles. The highest BCUT2D eigenvalue weighted by Crippen LogP contribution is 2.38. The van der Waals surface area contributed by atoms with Gasteiger partial charge in [0.2, 0.25) is 0 Å². The second-order valence-corrected chi connectivity index (χ2v) is 5.95. The van der Waals surface area contributed by atoms with E-state index in [2.05, 4.69) is 12.4 Å². The molecule has 3 fully saturated rings. The summed E-state index contributed by atoms with van der Waals surface area (Å²) in [6.07, 6.45) is 6.14. The molecule has 3 saturated heterocycles. The molecular weight excluding hydrogens is 230 g/mol. The van der Waals surface area contributed by atoms with Crippen LogP contribution in [0.25, 0.3) is 0 Å². The molecule has 0 radical (unpaired) electrons. The van der Waals surface area contributed by atoms with E-state index in [1.54, 1.807) is 0 Å². The molecule has 4 atom stereocenters. The molecule has 4 heteroatoms. The minimum Gasteiger partial charge on any atom is -0.378 e. The molecule has 0 saturated carbocycles. The SMILES string of the molecule is CNC(C1CCOC2(CCOC2)C1)C1CCCO1. The number of nitrogens with one attached hydrogen (secondary N) is 1. The van der Waals surface area contributed by atoms with Gasteiger partial charge in [0.05, 0.1) is 18.3 Å². The van der Waals surface area contributed by atoms with Gasteiger partial charge >= 0.3 is 0 Å². The summed E-state index contributed by atoms with van der Waals surface area (Å²) < 4.78 is 17.4. The lowest BCUT2D eigenvalue weighted by atomic mass is 9.79. The smallest absolute Gasteiger partial charge is 0.0939 e. The highest BCUT2D eigenvalue weighted by atomic mass is 16.6. The topological polar surface area (TPSA) is 39.7 Å². The van der Waals surface area contributed by atoms with Crippen LogP contribution in [0.2, 0.25) is 0 Å². The van der Waals surface area contributed by atoms with Crippen molar-refractivity contribution in [2.45, 2.75) is 49.9 Å². The van der Waals surface area contributed by atoms with Crippen LogP contribution in [0.5, 0.6) is 0 Å². The molecule has 0 aromatic heterocycles. The Labute approximate surface area is 109 Å². The fraction of sp³-hybridized carbons (Fsp3) is 1.00. The van der Waals surface area contributed by atoms with Crippen molar-refractivity contribution in [1.82, 2.24) is 5.32 Å². The van der Waals surface area contributed by atoms with Crippen LogP contribution in [-0.2, 0) is 14.2 Å². The molecule has 18 heavy (non-hydrogen) atoms. The second-order valence-electron chi connectivity index (χ2n) is 5.95. The van der Waals surface area contributed by atoms with Crippen molar-refractivity contribution in [3.63, 3.8) is 0 Å². The first-order valence-corrected chi connectivity index (χ1v) is 7.34. The van der Waals surface area contributed by atoms with Crippen molar-refractivity contribution in [1.29, 1.82) is 0 Å². The monoisotopic (exact) mass is 255 g/mol. The van der Waals surface area contributed by atoms with Crippen molar-refractivity contribution in [2.24, 2.45) is 5.92 Å². The van der Waals surface area contributed by atoms with Crippen LogP contribution in [0.1, 0.15) is 32.1 Å². The van der Waals surface area contributed by atoms with E-state index in [1.807, 2.05) is 0 Å². The summed E-state index contributed by atoms with van der Waals surface area (Å²) in [5.41, 5.74) is 0.0105. The lowest BCUT2D eigenvalue weighted by Gasteiger charge is -2.41. The minimum atomic E-state index is 0.0105. The molecule has 4 unspecified atom stereocenters. The van der Waals surface area contributed by atoms with E-state index in [0.717, 1.165) is 45.7 Å². The fourth-order valence-electron chi connectivity index (χ4n) is 3.85. The van der Waals surface area contributed by atoms with Gasteiger partial charge in [-0.3, -0.25) is 0 Å². The molecule has 3 aliphatic rings. The predicted octanol–water partition coefficient (Wildman–Crippen LogP) is 1.34. The van der Waals surface area contributed by atoms with Crippen molar-refractivity contribution in [3.8, 4) is 0 Å². The van der Waals surface area contributed by atoms with Crippen LogP contribution in [0, 0.1) is 5.92 Å².